The number of H-pyrrole nitrogens is 2. The van der Waals surface area contributed by atoms with Crippen molar-refractivity contribution in [2.24, 2.45) is 0 Å². The number of rotatable bonds is 8. The third-order valence-corrected chi connectivity index (χ3v) is 2.94. The summed E-state index contributed by atoms with van der Waals surface area (Å²) in [5.41, 5.74) is 0. The van der Waals surface area contributed by atoms with Gasteiger partial charge in [0.05, 0.1) is 0 Å². The van der Waals surface area contributed by atoms with Crippen LogP contribution in [0.4, 0.5) is 0 Å². The van der Waals surface area contributed by atoms with Gasteiger partial charge in [0.2, 0.25) is 0 Å². The topological polar surface area (TPSA) is 57.4 Å². The lowest BCUT2D eigenvalue weighted by Crippen LogP contribution is -1.90. The number of hydrogen-bond donors (Lipinski definition) is 2. The van der Waals surface area contributed by atoms with Crippen LogP contribution in [0.2, 0.25) is 0 Å². The molecular formula is C13H20N4. The number of nitrogens with one attached hydrogen (secondary N) is 2. The van der Waals surface area contributed by atoms with Crippen molar-refractivity contribution < 1.29 is 0 Å². The van der Waals surface area contributed by atoms with E-state index in [9.17, 15) is 0 Å². The Morgan fingerprint density at radius 2 is 1.18 bits per heavy atom. The predicted molar refractivity (Wildman–Crippen MR) is 67.7 cm³/mol. The monoisotopic (exact) mass is 232 g/mol. The Morgan fingerprint density at radius 3 is 1.59 bits per heavy atom. The molecule has 0 bridgehead atoms. The highest BCUT2D eigenvalue weighted by Crippen LogP contribution is 2.08. The maximum absolute atomic E-state index is 4.22. The molecule has 0 amide bonds. The van der Waals surface area contributed by atoms with Gasteiger partial charge in [0.15, 0.2) is 0 Å². The van der Waals surface area contributed by atoms with Crippen molar-refractivity contribution in [3.63, 3.8) is 0 Å². The summed E-state index contributed by atoms with van der Waals surface area (Å²) in [5, 5.41) is 0. The average molecular weight is 232 g/mol. The number of unbranched alkanes of at least 4 members (excludes halogenated alkanes) is 4. The van der Waals surface area contributed by atoms with Crippen molar-refractivity contribution in [1.29, 1.82) is 0 Å². The fourth-order valence-electron chi connectivity index (χ4n) is 1.98. The number of imidazole rings is 2. The van der Waals surface area contributed by atoms with Gasteiger partial charge in [-0.05, 0) is 12.8 Å². The summed E-state index contributed by atoms with van der Waals surface area (Å²) in [5.74, 6) is 2.22. The molecule has 2 aromatic rings. The van der Waals surface area contributed by atoms with E-state index in [1.165, 1.54) is 32.1 Å². The van der Waals surface area contributed by atoms with Crippen LogP contribution in [-0.4, -0.2) is 19.9 Å². The zero-order chi connectivity index (χ0) is 11.8. The zero-order valence-corrected chi connectivity index (χ0v) is 10.2. The predicted octanol–water partition coefficient (Wildman–Crippen LogP) is 2.87. The molecule has 0 spiro atoms. The first-order valence-electron chi connectivity index (χ1n) is 6.41. The number of aromatic amines is 2. The zero-order valence-electron chi connectivity index (χ0n) is 10.2. The third-order valence-electron chi connectivity index (χ3n) is 2.94. The van der Waals surface area contributed by atoms with Gasteiger partial charge >= 0.3 is 0 Å². The fraction of sp³-hybridized carbons (Fsp3) is 0.538. The van der Waals surface area contributed by atoms with Crippen LogP contribution in [0.1, 0.15) is 43.8 Å². The van der Waals surface area contributed by atoms with Crippen LogP contribution < -0.4 is 0 Å². The molecule has 0 aliphatic heterocycles. The summed E-state index contributed by atoms with van der Waals surface area (Å²) in [6, 6.07) is 0. The second-order valence-electron chi connectivity index (χ2n) is 4.34. The molecule has 0 radical (unpaired) electrons. The number of nitrogens with zero attached hydrogens (tertiary/aromatic N) is 2. The molecule has 0 atom stereocenters. The largest absolute Gasteiger partial charge is 0.349 e. The molecule has 2 N–H and O–H groups in total. The Labute approximate surface area is 102 Å². The van der Waals surface area contributed by atoms with Gasteiger partial charge in [-0.3, -0.25) is 0 Å². The van der Waals surface area contributed by atoms with Crippen molar-refractivity contribution in [3.05, 3.63) is 36.4 Å². The van der Waals surface area contributed by atoms with E-state index in [0.29, 0.717) is 0 Å². The Balaban J connectivity index is 1.44. The summed E-state index contributed by atoms with van der Waals surface area (Å²) in [6.07, 6.45) is 15.9. The Morgan fingerprint density at radius 1 is 0.706 bits per heavy atom. The van der Waals surface area contributed by atoms with Crippen LogP contribution in [0.3, 0.4) is 0 Å². The lowest BCUT2D eigenvalue weighted by atomic mass is 10.1. The minimum absolute atomic E-state index is 1.07. The van der Waals surface area contributed by atoms with Gasteiger partial charge in [-0.15, -0.1) is 0 Å². The van der Waals surface area contributed by atoms with Crippen LogP contribution in [-0.2, 0) is 12.8 Å². The van der Waals surface area contributed by atoms with E-state index in [0.717, 1.165) is 24.5 Å². The summed E-state index contributed by atoms with van der Waals surface area (Å²) in [6.45, 7) is 0. The van der Waals surface area contributed by atoms with Crippen LogP contribution in [0.15, 0.2) is 24.8 Å². The van der Waals surface area contributed by atoms with E-state index in [2.05, 4.69) is 19.9 Å². The smallest absolute Gasteiger partial charge is 0.105 e. The van der Waals surface area contributed by atoms with E-state index >= 15 is 0 Å². The second kappa shape index (κ2) is 6.89. The first kappa shape index (κ1) is 11.9. The maximum atomic E-state index is 4.22. The number of aromatic nitrogens is 4. The van der Waals surface area contributed by atoms with Crippen LogP contribution in [0.25, 0.3) is 0 Å². The van der Waals surface area contributed by atoms with Crippen molar-refractivity contribution >= 4 is 0 Å². The molecule has 4 nitrogen and oxygen atoms in total. The van der Waals surface area contributed by atoms with E-state index in [-0.39, 0.29) is 0 Å². The Hall–Kier alpha value is -1.58. The summed E-state index contributed by atoms with van der Waals surface area (Å²) in [7, 11) is 0. The normalized spacial score (nSPS) is 10.8. The van der Waals surface area contributed by atoms with Crippen molar-refractivity contribution in [1.82, 2.24) is 19.9 Å². The Kier molecular flexibility index (Phi) is 4.82. The number of hydrogen-bond acceptors (Lipinski definition) is 2. The van der Waals surface area contributed by atoms with Crippen molar-refractivity contribution in [3.8, 4) is 0 Å². The molecule has 17 heavy (non-hydrogen) atoms. The van der Waals surface area contributed by atoms with Gasteiger partial charge in [0.25, 0.3) is 0 Å². The molecular weight excluding hydrogens is 212 g/mol. The molecule has 2 heterocycles. The van der Waals surface area contributed by atoms with Gasteiger partial charge in [0, 0.05) is 37.6 Å². The van der Waals surface area contributed by atoms with E-state index in [4.69, 9.17) is 0 Å². The minimum Gasteiger partial charge on any atom is -0.349 e. The highest BCUT2D eigenvalue weighted by molar-refractivity contribution is 4.87. The minimum atomic E-state index is 1.07. The summed E-state index contributed by atoms with van der Waals surface area (Å²) >= 11 is 0. The molecule has 0 aliphatic rings. The lowest BCUT2D eigenvalue weighted by Gasteiger charge is -2.00. The molecule has 92 valence electrons. The van der Waals surface area contributed by atoms with E-state index < -0.39 is 0 Å². The highest BCUT2D eigenvalue weighted by Gasteiger charge is 1.97. The number of aryl methyl sites for hydroxylation is 2. The molecule has 0 saturated heterocycles. The molecule has 4 heteroatoms. The molecule has 0 aromatic carbocycles. The van der Waals surface area contributed by atoms with Gasteiger partial charge in [-0.25, -0.2) is 9.97 Å². The highest BCUT2D eigenvalue weighted by atomic mass is 14.9. The summed E-state index contributed by atoms with van der Waals surface area (Å²) < 4.78 is 0. The summed E-state index contributed by atoms with van der Waals surface area (Å²) in [4.78, 5) is 14.7. The first-order valence-corrected chi connectivity index (χ1v) is 6.41. The maximum Gasteiger partial charge on any atom is 0.105 e. The molecule has 2 rings (SSSR count). The Bertz CT molecular complexity index is 339. The first-order chi connectivity index (χ1) is 8.45. The van der Waals surface area contributed by atoms with Gasteiger partial charge in [-0.2, -0.15) is 0 Å². The van der Waals surface area contributed by atoms with E-state index in [1.54, 1.807) is 0 Å². The van der Waals surface area contributed by atoms with Crippen LogP contribution in [0, 0.1) is 0 Å². The average Bonchev–Trinajstić information content (AvgIpc) is 3.00. The molecule has 0 unspecified atom stereocenters. The standard InChI is InChI=1S/C13H20N4/c1(2-4-6-12-14-8-9-15-12)3-5-7-13-16-10-11-17-13/h8-11H,1-7H2,(H,14,15)(H,16,17). The van der Waals surface area contributed by atoms with Gasteiger partial charge in [0.1, 0.15) is 11.6 Å². The fourth-order valence-corrected chi connectivity index (χ4v) is 1.98. The van der Waals surface area contributed by atoms with Crippen molar-refractivity contribution in [2.45, 2.75) is 44.9 Å². The van der Waals surface area contributed by atoms with Crippen LogP contribution >= 0.6 is 0 Å². The van der Waals surface area contributed by atoms with Gasteiger partial charge < -0.3 is 9.97 Å². The van der Waals surface area contributed by atoms with Crippen LogP contribution in [0.5, 0.6) is 0 Å². The molecule has 0 aliphatic carbocycles. The third kappa shape index (κ3) is 4.43. The molecule has 2 aromatic heterocycles. The molecule has 0 saturated carbocycles. The van der Waals surface area contributed by atoms with Crippen molar-refractivity contribution in [2.75, 3.05) is 0 Å². The molecule has 0 fully saturated rings. The SMILES string of the molecule is c1c[nH]c(CCCCCCCc2ncc[nH]2)n1. The lowest BCUT2D eigenvalue weighted by molar-refractivity contribution is 0.602. The van der Waals surface area contributed by atoms with E-state index in [1.807, 2.05) is 24.8 Å². The second-order valence-corrected chi connectivity index (χ2v) is 4.34. The quantitative estimate of drug-likeness (QED) is 0.687. The van der Waals surface area contributed by atoms with Gasteiger partial charge in [-0.1, -0.05) is 19.3 Å².